The van der Waals surface area contributed by atoms with Crippen molar-refractivity contribution >= 4 is 15.9 Å². The van der Waals surface area contributed by atoms with Crippen LogP contribution in [0.1, 0.15) is 29.3 Å². The van der Waals surface area contributed by atoms with Gasteiger partial charge in [-0.05, 0) is 38.0 Å². The molecule has 0 aromatic heterocycles. The van der Waals surface area contributed by atoms with Crippen molar-refractivity contribution in [1.29, 1.82) is 0 Å². The first kappa shape index (κ1) is 15.9. The first-order valence-corrected chi connectivity index (χ1v) is 8.00. The zero-order valence-electron chi connectivity index (χ0n) is 11.7. The number of amides is 1. The molecule has 1 saturated heterocycles. The molecule has 0 spiro atoms. The second-order valence-corrected chi connectivity index (χ2v) is 6.62. The van der Waals surface area contributed by atoms with E-state index in [0.717, 1.165) is 12.1 Å². The summed E-state index contributed by atoms with van der Waals surface area (Å²) in [6.45, 7) is 3.74. The van der Waals surface area contributed by atoms with Crippen molar-refractivity contribution < 1.29 is 22.3 Å². The molecule has 0 bridgehead atoms. The van der Waals surface area contributed by atoms with Crippen molar-refractivity contribution in [1.82, 2.24) is 5.32 Å². The molecule has 0 aliphatic carbocycles. The summed E-state index contributed by atoms with van der Waals surface area (Å²) in [4.78, 5) is 11.9. The fraction of sp³-hybridized carbons (Fsp3) is 0.462. The molecule has 3 N–H and O–H groups in total. The van der Waals surface area contributed by atoms with Gasteiger partial charge >= 0.3 is 0 Å². The Kier molecular flexibility index (Phi) is 4.31. The monoisotopic (exact) mass is 316 g/mol. The van der Waals surface area contributed by atoms with Gasteiger partial charge in [-0.1, -0.05) is 0 Å². The Morgan fingerprint density at radius 1 is 1.48 bits per heavy atom. The van der Waals surface area contributed by atoms with Crippen LogP contribution in [0.4, 0.5) is 4.39 Å². The van der Waals surface area contributed by atoms with Gasteiger partial charge in [-0.2, -0.15) is 0 Å². The highest BCUT2D eigenvalue weighted by atomic mass is 32.2. The number of sulfonamides is 1. The number of carbonyl (C=O) groups is 1. The standard InChI is InChI=1S/C13H17FN2O4S/c1-7-5-10(14)9(6-12(7)21(15,18)19)13(17)16-11-3-4-20-8(11)2/h5-6,8,11H,3-4H2,1-2H3,(H,16,17)(H2,15,18,19). The molecule has 2 atom stereocenters. The van der Waals surface area contributed by atoms with Crippen molar-refractivity contribution in [2.45, 2.75) is 37.3 Å². The number of nitrogens with two attached hydrogens (primary N) is 1. The first-order valence-electron chi connectivity index (χ1n) is 6.45. The van der Waals surface area contributed by atoms with E-state index in [1.165, 1.54) is 6.92 Å². The van der Waals surface area contributed by atoms with Crippen LogP contribution in [0.2, 0.25) is 0 Å². The van der Waals surface area contributed by atoms with E-state index < -0.39 is 21.7 Å². The van der Waals surface area contributed by atoms with Gasteiger partial charge in [0, 0.05) is 6.61 Å². The lowest BCUT2D eigenvalue weighted by Crippen LogP contribution is -2.39. The maximum absolute atomic E-state index is 13.9. The van der Waals surface area contributed by atoms with Crippen LogP contribution >= 0.6 is 0 Å². The predicted octanol–water partition coefficient (Wildman–Crippen LogP) is 0.689. The third-order valence-electron chi connectivity index (χ3n) is 3.51. The van der Waals surface area contributed by atoms with E-state index in [1.54, 1.807) is 6.92 Å². The average molecular weight is 316 g/mol. The van der Waals surface area contributed by atoms with Gasteiger partial charge in [-0.3, -0.25) is 4.79 Å². The molecule has 2 unspecified atom stereocenters. The Morgan fingerprint density at radius 3 is 2.67 bits per heavy atom. The van der Waals surface area contributed by atoms with Crippen LogP contribution in [0.3, 0.4) is 0 Å². The van der Waals surface area contributed by atoms with E-state index in [2.05, 4.69) is 5.32 Å². The summed E-state index contributed by atoms with van der Waals surface area (Å²) in [5.74, 6) is -1.47. The molecule has 1 heterocycles. The summed E-state index contributed by atoms with van der Waals surface area (Å²) >= 11 is 0. The van der Waals surface area contributed by atoms with Gasteiger partial charge in [0.25, 0.3) is 5.91 Å². The van der Waals surface area contributed by atoms with Gasteiger partial charge in [-0.15, -0.1) is 0 Å². The quantitative estimate of drug-likeness (QED) is 0.857. The average Bonchev–Trinajstić information content (AvgIpc) is 2.73. The number of primary sulfonamides is 1. The minimum Gasteiger partial charge on any atom is -0.376 e. The van der Waals surface area contributed by atoms with E-state index in [1.807, 2.05) is 0 Å². The SMILES string of the molecule is Cc1cc(F)c(C(=O)NC2CCOC2C)cc1S(N)(=O)=O. The minimum absolute atomic E-state index is 0.157. The van der Waals surface area contributed by atoms with E-state index in [-0.39, 0.29) is 28.2 Å². The number of hydrogen-bond donors (Lipinski definition) is 2. The number of benzene rings is 1. The van der Waals surface area contributed by atoms with Crippen molar-refractivity contribution in [3.05, 3.63) is 29.1 Å². The van der Waals surface area contributed by atoms with Crippen LogP contribution in [-0.4, -0.2) is 33.1 Å². The number of ether oxygens (including phenoxy) is 1. The van der Waals surface area contributed by atoms with Gasteiger partial charge in [0.2, 0.25) is 10.0 Å². The summed E-state index contributed by atoms with van der Waals surface area (Å²) in [7, 11) is -4.02. The van der Waals surface area contributed by atoms with Crippen LogP contribution in [0.15, 0.2) is 17.0 Å². The topological polar surface area (TPSA) is 98.5 Å². The molecular weight excluding hydrogens is 299 g/mol. The molecule has 0 radical (unpaired) electrons. The molecule has 1 amide bonds. The lowest BCUT2D eigenvalue weighted by Gasteiger charge is -2.17. The molecule has 1 aliphatic heterocycles. The lowest BCUT2D eigenvalue weighted by atomic mass is 10.1. The summed E-state index contributed by atoms with van der Waals surface area (Å²) < 4.78 is 42.1. The summed E-state index contributed by atoms with van der Waals surface area (Å²) in [5.41, 5.74) is -0.187. The maximum atomic E-state index is 13.9. The van der Waals surface area contributed by atoms with Crippen molar-refractivity contribution in [3.63, 3.8) is 0 Å². The second-order valence-electron chi connectivity index (χ2n) is 5.09. The van der Waals surface area contributed by atoms with Crippen LogP contribution in [0.5, 0.6) is 0 Å². The van der Waals surface area contributed by atoms with Crippen molar-refractivity contribution in [2.75, 3.05) is 6.61 Å². The van der Waals surface area contributed by atoms with Crippen molar-refractivity contribution in [2.24, 2.45) is 5.14 Å². The predicted molar refractivity (Wildman–Crippen MR) is 73.8 cm³/mol. The van der Waals surface area contributed by atoms with E-state index in [4.69, 9.17) is 9.88 Å². The molecule has 2 rings (SSSR count). The molecule has 1 aromatic carbocycles. The Morgan fingerprint density at radius 2 is 2.14 bits per heavy atom. The Bertz CT molecular complexity index is 675. The number of nitrogens with one attached hydrogen (secondary N) is 1. The van der Waals surface area contributed by atoms with Crippen LogP contribution in [0.25, 0.3) is 0 Å². The highest BCUT2D eigenvalue weighted by Gasteiger charge is 2.27. The number of rotatable bonds is 3. The number of carbonyl (C=O) groups excluding carboxylic acids is 1. The number of hydrogen-bond acceptors (Lipinski definition) is 4. The summed E-state index contributed by atoms with van der Waals surface area (Å²) in [5, 5.41) is 7.70. The number of aryl methyl sites for hydroxylation is 1. The van der Waals surface area contributed by atoms with E-state index >= 15 is 0 Å². The number of halogens is 1. The van der Waals surface area contributed by atoms with Crippen molar-refractivity contribution in [3.8, 4) is 0 Å². The highest BCUT2D eigenvalue weighted by Crippen LogP contribution is 2.20. The molecule has 1 aliphatic rings. The fourth-order valence-electron chi connectivity index (χ4n) is 2.30. The molecule has 8 heteroatoms. The second kappa shape index (κ2) is 5.70. The Hall–Kier alpha value is -1.51. The maximum Gasteiger partial charge on any atom is 0.254 e. The molecule has 1 aromatic rings. The third kappa shape index (κ3) is 3.39. The first-order chi connectivity index (χ1) is 9.70. The summed E-state index contributed by atoms with van der Waals surface area (Å²) in [6.07, 6.45) is 0.461. The van der Waals surface area contributed by atoms with Crippen LogP contribution in [0, 0.1) is 12.7 Å². The molecule has 6 nitrogen and oxygen atoms in total. The zero-order chi connectivity index (χ0) is 15.8. The molecule has 0 saturated carbocycles. The van der Waals surface area contributed by atoms with Gasteiger partial charge in [0.05, 0.1) is 22.6 Å². The normalized spacial score (nSPS) is 22.3. The van der Waals surface area contributed by atoms with Gasteiger partial charge < -0.3 is 10.1 Å². The van der Waals surface area contributed by atoms with Gasteiger partial charge in [0.15, 0.2) is 0 Å². The van der Waals surface area contributed by atoms with Crippen LogP contribution in [-0.2, 0) is 14.8 Å². The lowest BCUT2D eigenvalue weighted by molar-refractivity contribution is 0.0862. The third-order valence-corrected chi connectivity index (χ3v) is 4.56. The summed E-state index contributed by atoms with van der Waals surface area (Å²) in [6, 6.07) is 1.73. The van der Waals surface area contributed by atoms with E-state index in [9.17, 15) is 17.6 Å². The Balaban J connectivity index is 2.33. The fourth-order valence-corrected chi connectivity index (χ4v) is 3.09. The Labute approximate surface area is 122 Å². The smallest absolute Gasteiger partial charge is 0.254 e. The van der Waals surface area contributed by atoms with Gasteiger partial charge in [0.1, 0.15) is 5.82 Å². The zero-order valence-corrected chi connectivity index (χ0v) is 12.5. The molecule has 21 heavy (non-hydrogen) atoms. The minimum atomic E-state index is -4.02. The molecule has 116 valence electrons. The molecular formula is C13H17FN2O4S. The molecule has 1 fully saturated rings. The van der Waals surface area contributed by atoms with Crippen LogP contribution < -0.4 is 10.5 Å². The van der Waals surface area contributed by atoms with E-state index in [0.29, 0.717) is 13.0 Å². The largest absolute Gasteiger partial charge is 0.376 e. The van der Waals surface area contributed by atoms with Gasteiger partial charge in [-0.25, -0.2) is 17.9 Å². The highest BCUT2D eigenvalue weighted by molar-refractivity contribution is 7.89.